The van der Waals surface area contributed by atoms with Crippen molar-refractivity contribution in [3.8, 4) is 0 Å². The number of nitrogens with zero attached hydrogens (tertiary/aromatic N) is 1. The lowest BCUT2D eigenvalue weighted by Gasteiger charge is -2.17. The molecule has 0 saturated carbocycles. The van der Waals surface area contributed by atoms with Gasteiger partial charge in [-0.3, -0.25) is 9.59 Å². The van der Waals surface area contributed by atoms with Crippen molar-refractivity contribution in [1.29, 1.82) is 0 Å². The summed E-state index contributed by atoms with van der Waals surface area (Å²) in [5, 5.41) is 2.75. The van der Waals surface area contributed by atoms with Crippen molar-refractivity contribution >= 4 is 17.5 Å². The van der Waals surface area contributed by atoms with Gasteiger partial charge in [0.2, 0.25) is 11.8 Å². The highest BCUT2D eigenvalue weighted by molar-refractivity contribution is 6.00. The molecular weight excluding hydrogens is 252 g/mol. The number of amides is 2. The normalized spacial score (nSPS) is 18.1. The summed E-state index contributed by atoms with van der Waals surface area (Å²) < 4.78 is 0. The molecule has 1 heterocycles. The Kier molecular flexibility index (Phi) is 4.56. The highest BCUT2D eigenvalue weighted by atomic mass is 16.2. The van der Waals surface area contributed by atoms with Crippen LogP contribution in [0.3, 0.4) is 0 Å². The van der Waals surface area contributed by atoms with E-state index in [1.165, 1.54) is 5.56 Å². The Hall–Kier alpha value is -2.10. The summed E-state index contributed by atoms with van der Waals surface area (Å²) >= 11 is 0. The Morgan fingerprint density at radius 2 is 2.15 bits per heavy atom. The number of carbonyl (C=O) groups is 2. The Labute approximate surface area is 119 Å². The number of hydrogen-bond donors (Lipinski definition) is 1. The highest BCUT2D eigenvalue weighted by Gasteiger charge is 2.34. The van der Waals surface area contributed by atoms with E-state index >= 15 is 0 Å². The van der Waals surface area contributed by atoms with Crippen molar-refractivity contribution in [3.63, 3.8) is 0 Å². The van der Waals surface area contributed by atoms with Gasteiger partial charge < -0.3 is 10.2 Å². The SMILES string of the molecule is C=CCNC(=O)[C@H]1CC(=O)N(c2ccc(CC)cc2)C1. The van der Waals surface area contributed by atoms with Gasteiger partial charge in [-0.25, -0.2) is 0 Å². The lowest BCUT2D eigenvalue weighted by molar-refractivity contribution is -0.126. The van der Waals surface area contributed by atoms with Gasteiger partial charge >= 0.3 is 0 Å². The van der Waals surface area contributed by atoms with Gasteiger partial charge in [-0.15, -0.1) is 6.58 Å². The number of hydrogen-bond acceptors (Lipinski definition) is 2. The van der Waals surface area contributed by atoms with E-state index in [9.17, 15) is 9.59 Å². The second-order valence-corrected chi connectivity index (χ2v) is 4.96. The molecule has 4 heteroatoms. The van der Waals surface area contributed by atoms with Gasteiger partial charge in [0.05, 0.1) is 5.92 Å². The second-order valence-electron chi connectivity index (χ2n) is 4.96. The van der Waals surface area contributed by atoms with Crippen LogP contribution >= 0.6 is 0 Å². The molecule has 1 aromatic carbocycles. The molecule has 1 aromatic rings. The van der Waals surface area contributed by atoms with Gasteiger partial charge in [-0.05, 0) is 24.1 Å². The Bertz CT molecular complexity index is 508. The molecule has 1 atom stereocenters. The average molecular weight is 272 g/mol. The molecule has 20 heavy (non-hydrogen) atoms. The lowest BCUT2D eigenvalue weighted by atomic mass is 10.1. The number of benzene rings is 1. The van der Waals surface area contributed by atoms with Crippen molar-refractivity contribution in [1.82, 2.24) is 5.32 Å². The molecule has 1 N–H and O–H groups in total. The minimum absolute atomic E-state index is 0.00741. The van der Waals surface area contributed by atoms with E-state index in [2.05, 4.69) is 18.8 Å². The first-order chi connectivity index (χ1) is 9.65. The molecule has 4 nitrogen and oxygen atoms in total. The van der Waals surface area contributed by atoms with Crippen molar-refractivity contribution in [3.05, 3.63) is 42.5 Å². The number of rotatable bonds is 5. The van der Waals surface area contributed by atoms with E-state index in [-0.39, 0.29) is 24.2 Å². The first-order valence-corrected chi connectivity index (χ1v) is 6.93. The maximum Gasteiger partial charge on any atom is 0.227 e. The minimum atomic E-state index is -0.270. The summed E-state index contributed by atoms with van der Waals surface area (Å²) in [7, 11) is 0. The number of aryl methyl sites for hydroxylation is 1. The maximum absolute atomic E-state index is 12.0. The van der Waals surface area contributed by atoms with E-state index in [1.54, 1.807) is 11.0 Å². The van der Waals surface area contributed by atoms with Crippen LogP contribution in [0.4, 0.5) is 5.69 Å². The Balaban J connectivity index is 2.04. The van der Waals surface area contributed by atoms with Gasteiger partial charge in [0.1, 0.15) is 0 Å². The van der Waals surface area contributed by atoms with Gasteiger partial charge in [0.25, 0.3) is 0 Å². The predicted molar refractivity (Wildman–Crippen MR) is 79.5 cm³/mol. The largest absolute Gasteiger partial charge is 0.352 e. The van der Waals surface area contributed by atoms with E-state index in [0.29, 0.717) is 13.1 Å². The fourth-order valence-electron chi connectivity index (χ4n) is 2.36. The molecule has 0 radical (unpaired) electrons. The molecule has 1 saturated heterocycles. The van der Waals surface area contributed by atoms with E-state index < -0.39 is 0 Å². The molecule has 0 aromatic heterocycles. The Morgan fingerprint density at radius 1 is 1.45 bits per heavy atom. The van der Waals surface area contributed by atoms with Crippen LogP contribution in [0.25, 0.3) is 0 Å². The fourth-order valence-corrected chi connectivity index (χ4v) is 2.36. The number of carbonyl (C=O) groups excluding carboxylic acids is 2. The molecule has 1 aliphatic heterocycles. The van der Waals surface area contributed by atoms with Crippen LogP contribution in [0.5, 0.6) is 0 Å². The lowest BCUT2D eigenvalue weighted by Crippen LogP contribution is -2.32. The van der Waals surface area contributed by atoms with Crippen molar-refractivity contribution < 1.29 is 9.59 Å². The smallest absolute Gasteiger partial charge is 0.227 e. The van der Waals surface area contributed by atoms with Gasteiger partial charge in [-0.1, -0.05) is 25.1 Å². The van der Waals surface area contributed by atoms with Gasteiger partial charge in [0.15, 0.2) is 0 Å². The van der Waals surface area contributed by atoms with Crippen LogP contribution in [0.15, 0.2) is 36.9 Å². The third-order valence-corrected chi connectivity index (χ3v) is 3.57. The van der Waals surface area contributed by atoms with Crippen molar-refractivity contribution in [2.75, 3.05) is 18.0 Å². The van der Waals surface area contributed by atoms with Crippen LogP contribution in [0.2, 0.25) is 0 Å². The predicted octanol–water partition coefficient (Wildman–Crippen LogP) is 1.90. The summed E-state index contributed by atoms with van der Waals surface area (Å²) in [6, 6.07) is 7.93. The molecule has 0 spiro atoms. The van der Waals surface area contributed by atoms with Crippen molar-refractivity contribution in [2.45, 2.75) is 19.8 Å². The first-order valence-electron chi connectivity index (χ1n) is 6.93. The zero-order valence-corrected chi connectivity index (χ0v) is 11.8. The summed E-state index contributed by atoms with van der Waals surface area (Å²) in [6.45, 7) is 6.55. The van der Waals surface area contributed by atoms with E-state index in [1.807, 2.05) is 24.3 Å². The van der Waals surface area contributed by atoms with Crippen LogP contribution in [0.1, 0.15) is 18.9 Å². The number of nitrogens with one attached hydrogen (secondary N) is 1. The maximum atomic E-state index is 12.0. The zero-order valence-electron chi connectivity index (χ0n) is 11.8. The van der Waals surface area contributed by atoms with Crippen LogP contribution in [-0.4, -0.2) is 24.9 Å². The van der Waals surface area contributed by atoms with Crippen molar-refractivity contribution in [2.24, 2.45) is 5.92 Å². The molecule has 0 unspecified atom stereocenters. The number of anilines is 1. The van der Waals surface area contributed by atoms with E-state index in [4.69, 9.17) is 0 Å². The fraction of sp³-hybridized carbons (Fsp3) is 0.375. The molecule has 2 rings (SSSR count). The standard InChI is InChI=1S/C16H20N2O2/c1-3-9-17-16(20)13-10-15(19)18(11-13)14-7-5-12(4-2)6-8-14/h3,5-8,13H,1,4,9-11H2,2H3,(H,17,20)/t13-/m0/s1. The first kappa shape index (κ1) is 14.3. The molecular formula is C16H20N2O2. The van der Waals surface area contributed by atoms with Crippen LogP contribution in [0, 0.1) is 5.92 Å². The van der Waals surface area contributed by atoms with Crippen LogP contribution < -0.4 is 10.2 Å². The van der Waals surface area contributed by atoms with E-state index in [0.717, 1.165) is 12.1 Å². The molecule has 1 fully saturated rings. The zero-order chi connectivity index (χ0) is 14.5. The molecule has 0 aliphatic carbocycles. The minimum Gasteiger partial charge on any atom is -0.352 e. The second kappa shape index (κ2) is 6.37. The van der Waals surface area contributed by atoms with Crippen LogP contribution in [-0.2, 0) is 16.0 Å². The molecule has 106 valence electrons. The highest BCUT2D eigenvalue weighted by Crippen LogP contribution is 2.25. The Morgan fingerprint density at radius 3 is 2.75 bits per heavy atom. The monoisotopic (exact) mass is 272 g/mol. The topological polar surface area (TPSA) is 49.4 Å². The molecule has 0 bridgehead atoms. The summed E-state index contributed by atoms with van der Waals surface area (Å²) in [5.74, 6) is -0.341. The summed E-state index contributed by atoms with van der Waals surface area (Å²) in [5.41, 5.74) is 2.10. The molecule has 2 amide bonds. The molecule has 1 aliphatic rings. The third-order valence-electron chi connectivity index (χ3n) is 3.57. The average Bonchev–Trinajstić information content (AvgIpc) is 2.87. The van der Waals surface area contributed by atoms with Gasteiger partial charge in [-0.2, -0.15) is 0 Å². The quantitative estimate of drug-likeness (QED) is 0.832. The van der Waals surface area contributed by atoms with Gasteiger partial charge in [0, 0.05) is 25.2 Å². The third kappa shape index (κ3) is 3.07. The summed E-state index contributed by atoms with van der Waals surface area (Å²) in [4.78, 5) is 25.6. The summed E-state index contributed by atoms with van der Waals surface area (Å²) in [6.07, 6.45) is 2.88.